The summed E-state index contributed by atoms with van der Waals surface area (Å²) in [5, 5.41) is 11.2. The predicted octanol–water partition coefficient (Wildman–Crippen LogP) is 4.22. The van der Waals surface area contributed by atoms with Gasteiger partial charge in [-0.15, -0.1) is 21.5 Å². The van der Waals surface area contributed by atoms with Crippen LogP contribution >= 0.6 is 23.1 Å². The van der Waals surface area contributed by atoms with Crippen LogP contribution in [-0.2, 0) is 16.1 Å². The van der Waals surface area contributed by atoms with Crippen molar-refractivity contribution in [2.24, 2.45) is 5.73 Å². The van der Waals surface area contributed by atoms with Crippen LogP contribution in [0.15, 0.2) is 83.3 Å². The summed E-state index contributed by atoms with van der Waals surface area (Å²) < 4.78 is 1.86. The molecule has 0 aliphatic heterocycles. The molecule has 0 aliphatic carbocycles. The lowest BCUT2D eigenvalue weighted by molar-refractivity contribution is -0.128. The van der Waals surface area contributed by atoms with Crippen LogP contribution in [-0.4, -0.2) is 44.3 Å². The molecule has 2 N–H and O–H groups in total. The number of thioether (sulfide) groups is 1. The second kappa shape index (κ2) is 11.1. The second-order valence-electron chi connectivity index (χ2n) is 7.67. The molecule has 0 unspecified atom stereocenters. The Morgan fingerprint density at radius 3 is 2.21 bits per heavy atom. The van der Waals surface area contributed by atoms with Crippen LogP contribution < -0.4 is 5.73 Å². The molecule has 4 aromatic rings. The Bertz CT molecular complexity index is 1190. The number of hydrogen-bond donors (Lipinski definition) is 1. The highest BCUT2D eigenvalue weighted by Gasteiger charge is 2.24. The quantitative estimate of drug-likeness (QED) is 0.335. The highest BCUT2D eigenvalue weighted by atomic mass is 32.2. The Labute approximate surface area is 206 Å². The van der Waals surface area contributed by atoms with Gasteiger partial charge in [-0.2, -0.15) is 0 Å². The molecule has 2 amide bonds. The molecule has 4 rings (SSSR count). The summed E-state index contributed by atoms with van der Waals surface area (Å²) in [6.07, 6.45) is 0.169. The van der Waals surface area contributed by atoms with Crippen LogP contribution in [0.4, 0.5) is 0 Å². The number of hydrogen-bond acceptors (Lipinski definition) is 6. The Morgan fingerprint density at radius 1 is 1.00 bits per heavy atom. The van der Waals surface area contributed by atoms with Gasteiger partial charge in [0.05, 0.1) is 16.7 Å². The van der Waals surface area contributed by atoms with E-state index in [0.29, 0.717) is 17.5 Å². The first-order valence-corrected chi connectivity index (χ1v) is 12.6. The van der Waals surface area contributed by atoms with E-state index in [1.807, 2.05) is 89.8 Å². The van der Waals surface area contributed by atoms with Gasteiger partial charge in [0.2, 0.25) is 11.8 Å². The normalized spacial score (nSPS) is 11.0. The molecule has 0 saturated heterocycles. The zero-order valence-electron chi connectivity index (χ0n) is 18.7. The molecule has 34 heavy (non-hydrogen) atoms. The fourth-order valence-corrected chi connectivity index (χ4v) is 5.30. The largest absolute Gasteiger partial charge is 0.370 e. The van der Waals surface area contributed by atoms with Gasteiger partial charge < -0.3 is 15.2 Å². The van der Waals surface area contributed by atoms with Crippen molar-refractivity contribution in [2.45, 2.75) is 24.2 Å². The maximum atomic E-state index is 13.3. The van der Waals surface area contributed by atoms with E-state index in [1.165, 1.54) is 11.8 Å². The van der Waals surface area contributed by atoms with Crippen molar-refractivity contribution in [1.29, 1.82) is 0 Å². The number of rotatable bonds is 10. The number of primary amides is 1. The Morgan fingerprint density at radius 2 is 1.65 bits per heavy atom. The monoisotopic (exact) mass is 491 g/mol. The van der Waals surface area contributed by atoms with E-state index in [2.05, 4.69) is 10.2 Å². The number of benzene rings is 2. The van der Waals surface area contributed by atoms with Gasteiger partial charge in [0.1, 0.15) is 0 Å². The van der Waals surface area contributed by atoms with Crippen molar-refractivity contribution in [1.82, 2.24) is 19.7 Å². The van der Waals surface area contributed by atoms with Crippen molar-refractivity contribution < 1.29 is 9.59 Å². The molecule has 0 bridgehead atoms. The minimum Gasteiger partial charge on any atom is -0.370 e. The molecule has 0 saturated carbocycles. The molecular formula is C25H25N5O2S2. The Balaban J connectivity index is 1.54. The Hall–Kier alpha value is -3.43. The van der Waals surface area contributed by atoms with Crippen molar-refractivity contribution in [3.8, 4) is 10.7 Å². The molecular weight excluding hydrogens is 466 g/mol. The third kappa shape index (κ3) is 5.55. The van der Waals surface area contributed by atoms with Gasteiger partial charge in [-0.3, -0.25) is 9.59 Å². The van der Waals surface area contributed by atoms with Crippen LogP contribution in [0, 0.1) is 0 Å². The number of thiophene rings is 1. The van der Waals surface area contributed by atoms with Gasteiger partial charge in [-0.25, -0.2) is 0 Å². The van der Waals surface area contributed by atoms with Gasteiger partial charge in [0.15, 0.2) is 11.0 Å². The second-order valence-corrected chi connectivity index (χ2v) is 9.56. The average molecular weight is 492 g/mol. The summed E-state index contributed by atoms with van der Waals surface area (Å²) in [7, 11) is 1.82. The van der Waals surface area contributed by atoms with E-state index in [0.717, 1.165) is 16.0 Å². The highest BCUT2D eigenvalue weighted by Crippen LogP contribution is 2.30. The molecule has 2 heterocycles. The zero-order chi connectivity index (χ0) is 23.9. The third-order valence-corrected chi connectivity index (χ3v) is 7.19. The van der Waals surface area contributed by atoms with Crippen LogP contribution in [0.2, 0.25) is 0 Å². The fraction of sp³-hybridized carbons (Fsp3) is 0.200. The summed E-state index contributed by atoms with van der Waals surface area (Å²) >= 11 is 2.85. The van der Waals surface area contributed by atoms with E-state index in [9.17, 15) is 9.59 Å². The molecule has 0 spiro atoms. The van der Waals surface area contributed by atoms with Crippen LogP contribution in [0.1, 0.15) is 23.6 Å². The maximum absolute atomic E-state index is 13.3. The van der Waals surface area contributed by atoms with Crippen LogP contribution in [0.3, 0.4) is 0 Å². The number of carbonyl (C=O) groups excluding carboxylic acids is 2. The number of amides is 2. The number of nitrogens with two attached hydrogens (primary N) is 1. The van der Waals surface area contributed by atoms with E-state index < -0.39 is 5.91 Å². The van der Waals surface area contributed by atoms with Crippen molar-refractivity contribution in [3.05, 3.63) is 89.3 Å². The van der Waals surface area contributed by atoms with Gasteiger partial charge in [0, 0.05) is 20.0 Å². The van der Waals surface area contributed by atoms with Gasteiger partial charge in [-0.1, -0.05) is 78.5 Å². The maximum Gasteiger partial charge on any atom is 0.233 e. The number of aromatic nitrogens is 3. The molecule has 0 atom stereocenters. The van der Waals surface area contributed by atoms with Crippen LogP contribution in [0.5, 0.6) is 0 Å². The van der Waals surface area contributed by atoms with E-state index in [-0.39, 0.29) is 24.1 Å². The first-order chi connectivity index (χ1) is 16.5. The molecule has 2 aromatic carbocycles. The molecule has 7 nitrogen and oxygen atoms in total. The summed E-state index contributed by atoms with van der Waals surface area (Å²) in [5.41, 5.74) is 7.46. The van der Waals surface area contributed by atoms with Gasteiger partial charge in [0.25, 0.3) is 0 Å². The zero-order valence-corrected chi connectivity index (χ0v) is 20.3. The minimum atomic E-state index is -0.397. The number of nitrogens with zero attached hydrogens (tertiary/aromatic N) is 4. The van der Waals surface area contributed by atoms with Crippen molar-refractivity contribution >= 4 is 34.9 Å². The van der Waals surface area contributed by atoms with E-state index >= 15 is 0 Å². The molecule has 0 aliphatic rings. The summed E-state index contributed by atoms with van der Waals surface area (Å²) in [5.74, 6) is 0.424. The van der Waals surface area contributed by atoms with Crippen LogP contribution in [0.25, 0.3) is 10.7 Å². The lowest BCUT2D eigenvalue weighted by atomic mass is 9.97. The standard InChI is InChI=1S/C25H25N5O2S2/c1-29(23(18-9-4-2-5-10-18)19-11-6-3-7-12-19)22(32)17-34-25-28-27-24(20-13-8-16-33-20)30(25)15-14-21(26)31/h2-13,16,23H,14-15,17H2,1H3,(H2,26,31). The summed E-state index contributed by atoms with van der Waals surface area (Å²) in [6.45, 7) is 0.360. The first kappa shape index (κ1) is 23.7. The number of carbonyl (C=O) groups is 2. The van der Waals surface area contributed by atoms with Crippen molar-refractivity contribution in [2.75, 3.05) is 12.8 Å². The summed E-state index contributed by atoms with van der Waals surface area (Å²) in [4.78, 5) is 27.4. The first-order valence-electron chi connectivity index (χ1n) is 10.8. The SMILES string of the molecule is CN(C(=O)CSc1nnc(-c2cccs2)n1CCC(N)=O)C(c1ccccc1)c1ccccc1. The lowest BCUT2D eigenvalue weighted by Crippen LogP contribution is -2.33. The molecule has 9 heteroatoms. The highest BCUT2D eigenvalue weighted by molar-refractivity contribution is 7.99. The topological polar surface area (TPSA) is 94.1 Å². The molecule has 0 fully saturated rings. The molecule has 2 aromatic heterocycles. The predicted molar refractivity (Wildman–Crippen MR) is 135 cm³/mol. The summed E-state index contributed by atoms with van der Waals surface area (Å²) in [6, 6.07) is 23.6. The minimum absolute atomic E-state index is 0.0372. The molecule has 174 valence electrons. The third-order valence-electron chi connectivity index (χ3n) is 5.38. The smallest absolute Gasteiger partial charge is 0.233 e. The van der Waals surface area contributed by atoms with E-state index in [1.54, 1.807) is 16.2 Å². The van der Waals surface area contributed by atoms with E-state index in [4.69, 9.17) is 5.73 Å². The lowest BCUT2D eigenvalue weighted by Gasteiger charge is -2.29. The average Bonchev–Trinajstić information content (AvgIpc) is 3.52. The Kier molecular flexibility index (Phi) is 7.76. The van der Waals surface area contributed by atoms with Gasteiger partial charge >= 0.3 is 0 Å². The molecule has 0 radical (unpaired) electrons. The fourth-order valence-electron chi connectivity index (χ4n) is 3.69. The van der Waals surface area contributed by atoms with Crippen molar-refractivity contribution in [3.63, 3.8) is 0 Å². The van der Waals surface area contributed by atoms with Gasteiger partial charge in [-0.05, 0) is 22.6 Å².